The molecule has 0 aliphatic rings. The molecule has 0 fully saturated rings. The van der Waals surface area contributed by atoms with E-state index in [1.54, 1.807) is 4.90 Å². The molecule has 0 bridgehead atoms. The Morgan fingerprint density at radius 3 is 0.846 bits per heavy atom. The van der Waals surface area contributed by atoms with Crippen LogP contribution in [0.1, 0.15) is 0 Å². The number of hydrogen-bond donors (Lipinski definition) is 7. The van der Waals surface area contributed by atoms with Crippen molar-refractivity contribution >= 4 is 23.9 Å². The summed E-state index contributed by atoms with van der Waals surface area (Å²) in [4.78, 5) is 40.0. The highest BCUT2D eigenvalue weighted by atomic mass is 16.4. The molecule has 12 heteroatoms. The van der Waals surface area contributed by atoms with Crippen LogP contribution in [0.3, 0.4) is 0 Å². The first-order valence-corrected chi connectivity index (χ1v) is 6.93. The van der Waals surface area contributed by atoms with Gasteiger partial charge in [0.2, 0.25) is 0 Å². The topological polar surface area (TPSA) is 213 Å². The highest BCUT2D eigenvalue weighted by Gasteiger charge is 2.00. The summed E-state index contributed by atoms with van der Waals surface area (Å²) >= 11 is 0. The Morgan fingerprint density at radius 1 is 0.538 bits per heavy atom. The van der Waals surface area contributed by atoms with Gasteiger partial charge in [-0.3, -0.25) is 4.90 Å². The summed E-state index contributed by atoms with van der Waals surface area (Å²) in [6.07, 6.45) is 2.23. The largest absolute Gasteiger partial charge is 0.478 e. The molecule has 150 valence electrons. The third kappa shape index (κ3) is 33.0. The summed E-state index contributed by atoms with van der Waals surface area (Å²) in [5, 5.41) is 56.7. The number of carboxylic acid groups (broad SMARTS) is 4. The molecule has 0 aromatic carbocycles. The summed E-state index contributed by atoms with van der Waals surface area (Å²) < 4.78 is 0. The van der Waals surface area contributed by atoms with Crippen molar-refractivity contribution in [1.82, 2.24) is 4.90 Å². The van der Waals surface area contributed by atoms with E-state index in [0.29, 0.717) is 43.9 Å². The number of rotatable bonds is 10. The zero-order valence-electron chi connectivity index (χ0n) is 13.8. The fourth-order valence-corrected chi connectivity index (χ4v) is 1.04. The third-order valence-corrected chi connectivity index (χ3v) is 1.99. The number of carbonyl (C=O) groups is 4. The highest BCUT2D eigenvalue weighted by molar-refractivity contribution is 5.90. The van der Waals surface area contributed by atoms with Gasteiger partial charge in [0.05, 0.1) is 19.8 Å². The maximum absolute atomic E-state index is 9.55. The van der Waals surface area contributed by atoms with Crippen LogP contribution in [0.2, 0.25) is 0 Å². The molecule has 12 nitrogen and oxygen atoms in total. The Morgan fingerprint density at radius 2 is 0.731 bits per heavy atom. The lowest BCUT2D eigenvalue weighted by molar-refractivity contribution is -0.134. The Labute approximate surface area is 148 Å². The molecule has 0 radical (unpaired) electrons. The fraction of sp³-hybridized carbons (Fsp3) is 0.429. The van der Waals surface area contributed by atoms with Gasteiger partial charge in [-0.2, -0.15) is 0 Å². The minimum Gasteiger partial charge on any atom is -0.478 e. The third-order valence-electron chi connectivity index (χ3n) is 1.99. The molecule has 0 aromatic heterocycles. The van der Waals surface area contributed by atoms with Crippen molar-refractivity contribution in [3.63, 3.8) is 0 Å². The number of hydrogen-bond acceptors (Lipinski definition) is 8. The Balaban J connectivity index is -0.000000308. The normalized spacial score (nSPS) is 10.0. The smallest absolute Gasteiger partial charge is 0.328 e. The van der Waals surface area contributed by atoms with Gasteiger partial charge in [-0.1, -0.05) is 0 Å². The van der Waals surface area contributed by atoms with Crippen molar-refractivity contribution in [2.45, 2.75) is 0 Å². The van der Waals surface area contributed by atoms with Gasteiger partial charge in [-0.15, -0.1) is 0 Å². The van der Waals surface area contributed by atoms with E-state index >= 15 is 0 Å². The predicted octanol–water partition coefficient (Wildman–Crippen LogP) is -2.31. The fourth-order valence-electron chi connectivity index (χ4n) is 1.04. The van der Waals surface area contributed by atoms with Crippen LogP contribution in [0, 0.1) is 0 Å². The molecule has 0 rings (SSSR count). The van der Waals surface area contributed by atoms with Gasteiger partial charge in [0.1, 0.15) is 0 Å². The van der Waals surface area contributed by atoms with Crippen LogP contribution in [0.5, 0.6) is 0 Å². The van der Waals surface area contributed by atoms with Crippen LogP contribution in [0.4, 0.5) is 0 Å². The van der Waals surface area contributed by atoms with Gasteiger partial charge < -0.3 is 35.7 Å². The molecular weight excluding hydrogens is 358 g/mol. The summed E-state index contributed by atoms with van der Waals surface area (Å²) in [6, 6.07) is 0. The van der Waals surface area contributed by atoms with Crippen molar-refractivity contribution in [2.24, 2.45) is 0 Å². The molecule has 0 unspecified atom stereocenters. The Bertz CT molecular complexity index is 393. The van der Waals surface area contributed by atoms with Gasteiger partial charge in [-0.05, 0) is 0 Å². The van der Waals surface area contributed by atoms with E-state index in [2.05, 4.69) is 0 Å². The Kier molecular flexibility index (Phi) is 21.8. The lowest BCUT2D eigenvalue weighted by Crippen LogP contribution is -2.32. The lowest BCUT2D eigenvalue weighted by Gasteiger charge is -2.17. The number of nitrogens with zero attached hydrogens (tertiary/aromatic N) is 1. The van der Waals surface area contributed by atoms with Gasteiger partial charge in [0.25, 0.3) is 0 Å². The van der Waals surface area contributed by atoms with Gasteiger partial charge >= 0.3 is 23.9 Å². The maximum Gasteiger partial charge on any atom is 0.328 e. The van der Waals surface area contributed by atoms with E-state index in [-0.39, 0.29) is 19.8 Å². The van der Waals surface area contributed by atoms with E-state index in [0.717, 1.165) is 0 Å². The van der Waals surface area contributed by atoms with Crippen molar-refractivity contribution in [3.8, 4) is 0 Å². The second kappa shape index (κ2) is 20.2. The van der Waals surface area contributed by atoms with Gasteiger partial charge in [0.15, 0.2) is 0 Å². The molecule has 0 saturated carbocycles. The molecule has 0 spiro atoms. The van der Waals surface area contributed by atoms with Crippen molar-refractivity contribution in [1.29, 1.82) is 0 Å². The van der Waals surface area contributed by atoms with Crippen LogP contribution < -0.4 is 0 Å². The first-order valence-electron chi connectivity index (χ1n) is 6.93. The molecular formula is C14H23NO11. The summed E-state index contributed by atoms with van der Waals surface area (Å²) in [5.41, 5.74) is 0. The molecule has 0 amide bonds. The first kappa shape index (κ1) is 28.0. The average molecular weight is 381 g/mol. The standard InChI is InChI=1S/C6H15NO3.2C4H4O4/c8-4-1-7(2-5-9)3-6-10;2*5-3(6)1-2-4(7)8/h8-10H,1-6H2;2*1-2H,(H,5,6)(H,7,8)/b;2*2-1-. The van der Waals surface area contributed by atoms with Gasteiger partial charge in [-0.25, -0.2) is 19.2 Å². The number of aliphatic carboxylic acids is 4. The van der Waals surface area contributed by atoms with Crippen molar-refractivity contribution in [3.05, 3.63) is 24.3 Å². The zero-order valence-corrected chi connectivity index (χ0v) is 13.8. The summed E-state index contributed by atoms with van der Waals surface area (Å²) in [6.45, 7) is 1.75. The molecule has 7 N–H and O–H groups in total. The van der Waals surface area contributed by atoms with Crippen LogP contribution >= 0.6 is 0 Å². The van der Waals surface area contributed by atoms with E-state index in [1.165, 1.54) is 0 Å². The van der Waals surface area contributed by atoms with Crippen LogP contribution in [0.15, 0.2) is 24.3 Å². The monoisotopic (exact) mass is 381 g/mol. The van der Waals surface area contributed by atoms with E-state index < -0.39 is 23.9 Å². The number of aliphatic hydroxyl groups is 3. The number of aliphatic hydroxyl groups excluding tert-OH is 3. The number of carboxylic acids is 4. The lowest BCUT2D eigenvalue weighted by atomic mass is 10.4. The molecule has 0 saturated heterocycles. The molecule has 0 aliphatic carbocycles. The van der Waals surface area contributed by atoms with Crippen LogP contribution in [-0.2, 0) is 19.2 Å². The second-order valence-electron chi connectivity index (χ2n) is 4.03. The van der Waals surface area contributed by atoms with Crippen molar-refractivity contribution < 1.29 is 54.9 Å². The predicted molar refractivity (Wildman–Crippen MR) is 86.5 cm³/mol. The minimum atomic E-state index is -1.26. The minimum absolute atomic E-state index is 0.0694. The molecule has 0 atom stereocenters. The summed E-state index contributed by atoms with van der Waals surface area (Å²) in [7, 11) is 0. The van der Waals surface area contributed by atoms with E-state index in [4.69, 9.17) is 35.7 Å². The van der Waals surface area contributed by atoms with E-state index in [9.17, 15) is 19.2 Å². The average Bonchev–Trinajstić information content (AvgIpc) is 2.53. The van der Waals surface area contributed by atoms with Crippen LogP contribution in [-0.4, -0.2) is 104 Å². The SMILES string of the molecule is O=C(O)/C=C\C(=O)O.O=C(O)/C=C\C(=O)O.OCCN(CCO)CCO. The highest BCUT2D eigenvalue weighted by Crippen LogP contribution is 1.84. The quantitative estimate of drug-likeness (QED) is 0.199. The van der Waals surface area contributed by atoms with Crippen LogP contribution in [0.25, 0.3) is 0 Å². The van der Waals surface area contributed by atoms with Gasteiger partial charge in [0, 0.05) is 43.9 Å². The second-order valence-corrected chi connectivity index (χ2v) is 4.03. The molecule has 0 aromatic rings. The zero-order chi connectivity index (χ0) is 21.0. The molecule has 0 aliphatic heterocycles. The summed E-state index contributed by atoms with van der Waals surface area (Å²) in [5.74, 6) is -5.03. The molecule has 26 heavy (non-hydrogen) atoms. The molecule has 0 heterocycles. The Hall–Kier alpha value is -2.80. The van der Waals surface area contributed by atoms with Crippen molar-refractivity contribution in [2.75, 3.05) is 39.5 Å². The maximum atomic E-state index is 9.55. The first-order chi connectivity index (χ1) is 12.1. The van der Waals surface area contributed by atoms with E-state index in [1.807, 2.05) is 0 Å².